The molecule has 0 aromatic carbocycles. The van der Waals surface area contributed by atoms with Crippen molar-refractivity contribution >= 4 is 0 Å². The van der Waals surface area contributed by atoms with Crippen LogP contribution in [-0.4, -0.2) is 10.5 Å². The van der Waals surface area contributed by atoms with Crippen LogP contribution >= 0.6 is 0 Å². The van der Waals surface area contributed by atoms with Crippen LogP contribution in [0.5, 0.6) is 0 Å². The monoisotopic (exact) mass is 171 g/mol. The largest absolute Gasteiger partial charge is 0.264 e. The van der Waals surface area contributed by atoms with Gasteiger partial charge in [0.1, 0.15) is 5.83 Å². The van der Waals surface area contributed by atoms with Gasteiger partial charge in [-0.05, 0) is 19.1 Å². The second-order valence-corrected chi connectivity index (χ2v) is 3.15. The highest BCUT2D eigenvalue weighted by molar-refractivity contribution is 5.29. The zero-order valence-corrected chi connectivity index (χ0v) is 7.00. The summed E-state index contributed by atoms with van der Waals surface area (Å²) in [5.41, 5.74) is -0.650. The normalized spacial score (nSPS) is 29.2. The van der Waals surface area contributed by atoms with E-state index in [1.807, 2.05) is 0 Å². The van der Waals surface area contributed by atoms with Gasteiger partial charge in [0.25, 0.3) is 0 Å². The standard InChI is InChI=1S/C8H10FNO2/c1-6-5-7(9)3-4-8(6,2)10(11)12/h3,5H,4H2,1-2H3. The Balaban J connectivity index is 3.01. The fourth-order valence-electron chi connectivity index (χ4n) is 1.10. The van der Waals surface area contributed by atoms with E-state index in [1.54, 1.807) is 6.92 Å². The van der Waals surface area contributed by atoms with E-state index in [9.17, 15) is 14.5 Å². The van der Waals surface area contributed by atoms with Gasteiger partial charge in [-0.1, -0.05) is 0 Å². The molecule has 1 atom stereocenters. The first-order chi connectivity index (χ1) is 5.47. The number of rotatable bonds is 1. The molecule has 1 unspecified atom stereocenters. The topological polar surface area (TPSA) is 43.1 Å². The molecule has 1 rings (SSSR count). The molecule has 12 heavy (non-hydrogen) atoms. The molecule has 0 bridgehead atoms. The van der Waals surface area contributed by atoms with Crippen LogP contribution in [0.2, 0.25) is 0 Å². The molecular formula is C8H10FNO2. The summed E-state index contributed by atoms with van der Waals surface area (Å²) in [7, 11) is 0. The van der Waals surface area contributed by atoms with Gasteiger partial charge in [0.05, 0.1) is 0 Å². The summed E-state index contributed by atoms with van der Waals surface area (Å²) in [4.78, 5) is 10.2. The summed E-state index contributed by atoms with van der Waals surface area (Å²) in [6, 6.07) is 0. The van der Waals surface area contributed by atoms with E-state index in [4.69, 9.17) is 0 Å². The molecule has 0 amide bonds. The van der Waals surface area contributed by atoms with Crippen molar-refractivity contribution in [1.82, 2.24) is 0 Å². The van der Waals surface area contributed by atoms with Gasteiger partial charge in [-0.3, -0.25) is 10.1 Å². The number of hydrogen-bond acceptors (Lipinski definition) is 2. The zero-order chi connectivity index (χ0) is 9.35. The maximum atomic E-state index is 12.6. The molecule has 0 fully saturated rings. The van der Waals surface area contributed by atoms with Gasteiger partial charge in [-0.2, -0.15) is 0 Å². The number of hydrogen-bond donors (Lipinski definition) is 0. The average Bonchev–Trinajstić information content (AvgIpc) is 1.97. The van der Waals surface area contributed by atoms with Crippen LogP contribution in [0.1, 0.15) is 20.3 Å². The van der Waals surface area contributed by atoms with Crippen LogP contribution in [0.25, 0.3) is 0 Å². The van der Waals surface area contributed by atoms with Gasteiger partial charge in [0.15, 0.2) is 0 Å². The molecule has 1 aliphatic rings. The van der Waals surface area contributed by atoms with Gasteiger partial charge >= 0.3 is 0 Å². The number of allylic oxidation sites excluding steroid dienone is 2. The highest BCUT2D eigenvalue weighted by Gasteiger charge is 2.40. The van der Waals surface area contributed by atoms with Crippen molar-refractivity contribution in [3.8, 4) is 0 Å². The van der Waals surface area contributed by atoms with Crippen molar-refractivity contribution in [2.24, 2.45) is 0 Å². The molecule has 66 valence electrons. The van der Waals surface area contributed by atoms with Gasteiger partial charge in [0.2, 0.25) is 5.54 Å². The van der Waals surface area contributed by atoms with Gasteiger partial charge < -0.3 is 0 Å². The second-order valence-electron chi connectivity index (χ2n) is 3.15. The lowest BCUT2D eigenvalue weighted by Crippen LogP contribution is -2.36. The molecule has 0 radical (unpaired) electrons. The van der Waals surface area contributed by atoms with Gasteiger partial charge in [-0.15, -0.1) is 0 Å². The summed E-state index contributed by atoms with van der Waals surface area (Å²) < 4.78 is 12.6. The van der Waals surface area contributed by atoms with Crippen molar-refractivity contribution in [3.63, 3.8) is 0 Å². The van der Waals surface area contributed by atoms with Crippen molar-refractivity contribution in [2.75, 3.05) is 0 Å². The Labute approximate surface area is 69.7 Å². The highest BCUT2D eigenvalue weighted by Crippen LogP contribution is 2.30. The molecule has 0 aromatic heterocycles. The second kappa shape index (κ2) is 2.69. The zero-order valence-electron chi connectivity index (χ0n) is 7.00. The quantitative estimate of drug-likeness (QED) is 0.448. The summed E-state index contributed by atoms with van der Waals surface area (Å²) >= 11 is 0. The van der Waals surface area contributed by atoms with E-state index in [2.05, 4.69) is 0 Å². The van der Waals surface area contributed by atoms with Crippen LogP contribution in [0, 0.1) is 10.1 Å². The first-order valence-electron chi connectivity index (χ1n) is 3.66. The minimum absolute atomic E-state index is 0.133. The minimum atomic E-state index is -1.12. The summed E-state index contributed by atoms with van der Waals surface area (Å²) in [6.07, 6.45) is 2.59. The van der Waals surface area contributed by atoms with Crippen molar-refractivity contribution in [1.29, 1.82) is 0 Å². The number of nitro groups is 1. The van der Waals surface area contributed by atoms with Crippen LogP contribution in [0.4, 0.5) is 4.39 Å². The molecule has 0 aliphatic heterocycles. The maximum absolute atomic E-state index is 12.6. The Morgan fingerprint density at radius 2 is 2.33 bits per heavy atom. The minimum Gasteiger partial charge on any atom is -0.264 e. The molecule has 0 N–H and O–H groups in total. The van der Waals surface area contributed by atoms with E-state index in [0.717, 1.165) is 0 Å². The molecule has 0 saturated carbocycles. The Bertz CT molecular complexity index is 283. The Hall–Kier alpha value is -1.19. The Kier molecular flexibility index (Phi) is 2.00. The van der Waals surface area contributed by atoms with E-state index < -0.39 is 5.54 Å². The molecule has 0 spiro atoms. The fraction of sp³-hybridized carbons (Fsp3) is 0.500. The third-order valence-electron chi connectivity index (χ3n) is 2.30. The molecule has 0 heterocycles. The lowest BCUT2D eigenvalue weighted by molar-refractivity contribution is -0.552. The maximum Gasteiger partial charge on any atom is 0.244 e. The predicted octanol–water partition coefficient (Wildman–Crippen LogP) is 2.23. The van der Waals surface area contributed by atoms with E-state index in [0.29, 0.717) is 5.57 Å². The van der Waals surface area contributed by atoms with E-state index in [1.165, 1.54) is 19.1 Å². The molecule has 4 heteroatoms. The third-order valence-corrected chi connectivity index (χ3v) is 2.30. The third kappa shape index (κ3) is 1.24. The summed E-state index contributed by atoms with van der Waals surface area (Å²) in [5, 5.41) is 10.6. The number of halogens is 1. The molecule has 0 saturated heterocycles. The number of nitrogens with zero attached hydrogens (tertiary/aromatic N) is 1. The predicted molar refractivity (Wildman–Crippen MR) is 43.0 cm³/mol. The molecule has 3 nitrogen and oxygen atoms in total. The van der Waals surface area contributed by atoms with Crippen LogP contribution < -0.4 is 0 Å². The van der Waals surface area contributed by atoms with Crippen LogP contribution in [-0.2, 0) is 0 Å². The summed E-state index contributed by atoms with van der Waals surface area (Å²) in [5.74, 6) is -0.383. The SMILES string of the molecule is CC1=CC(F)=CCC1(C)[N+](=O)[O-]. The fourth-order valence-corrected chi connectivity index (χ4v) is 1.10. The lowest BCUT2D eigenvalue weighted by Gasteiger charge is -2.22. The Morgan fingerprint density at radius 1 is 1.75 bits per heavy atom. The Morgan fingerprint density at radius 3 is 2.75 bits per heavy atom. The van der Waals surface area contributed by atoms with Crippen molar-refractivity contribution in [2.45, 2.75) is 25.8 Å². The first-order valence-corrected chi connectivity index (χ1v) is 3.66. The highest BCUT2D eigenvalue weighted by atomic mass is 19.1. The molecule has 1 aliphatic carbocycles. The van der Waals surface area contributed by atoms with Crippen LogP contribution in [0.3, 0.4) is 0 Å². The lowest BCUT2D eigenvalue weighted by atomic mass is 9.86. The smallest absolute Gasteiger partial charge is 0.244 e. The molecular weight excluding hydrogens is 161 g/mol. The van der Waals surface area contributed by atoms with Crippen molar-refractivity contribution in [3.05, 3.63) is 33.7 Å². The van der Waals surface area contributed by atoms with Gasteiger partial charge in [0, 0.05) is 23.8 Å². The summed E-state index contributed by atoms with van der Waals surface area (Å²) in [6.45, 7) is 3.08. The van der Waals surface area contributed by atoms with Crippen LogP contribution in [0.15, 0.2) is 23.6 Å². The van der Waals surface area contributed by atoms with E-state index in [-0.39, 0.29) is 17.2 Å². The van der Waals surface area contributed by atoms with E-state index >= 15 is 0 Å². The van der Waals surface area contributed by atoms with Gasteiger partial charge in [-0.25, -0.2) is 4.39 Å². The average molecular weight is 171 g/mol. The molecule has 0 aromatic rings. The first kappa shape index (κ1) is 8.90. The van der Waals surface area contributed by atoms with Crippen molar-refractivity contribution < 1.29 is 9.31 Å².